The molecule has 0 aromatic heterocycles. The predicted octanol–water partition coefficient (Wildman–Crippen LogP) is 23.2. The molecule has 0 rings (SSSR count). The van der Waals surface area contributed by atoms with E-state index in [4.69, 9.17) is 37.0 Å². The summed E-state index contributed by atoms with van der Waals surface area (Å²) in [6.07, 6.45) is 54.1. The molecule has 98 heavy (non-hydrogen) atoms. The molecule has 0 heterocycles. The fourth-order valence-electron chi connectivity index (χ4n) is 12.0. The molecule has 6 atom stereocenters. The van der Waals surface area contributed by atoms with Gasteiger partial charge in [-0.2, -0.15) is 0 Å². The van der Waals surface area contributed by atoms with E-state index < -0.39 is 97.5 Å². The van der Waals surface area contributed by atoms with Crippen molar-refractivity contribution in [1.29, 1.82) is 0 Å². The molecule has 0 saturated heterocycles. The number of hydrogen-bond acceptors (Lipinski definition) is 15. The number of aliphatic hydroxyl groups is 1. The summed E-state index contributed by atoms with van der Waals surface area (Å²) in [4.78, 5) is 72.9. The summed E-state index contributed by atoms with van der Waals surface area (Å²) in [6, 6.07) is 0. The molecule has 0 spiro atoms. The minimum atomic E-state index is -4.96. The van der Waals surface area contributed by atoms with Gasteiger partial charge >= 0.3 is 39.5 Å². The summed E-state index contributed by atoms with van der Waals surface area (Å²) >= 11 is 0. The zero-order valence-electron chi connectivity index (χ0n) is 64.4. The maximum Gasteiger partial charge on any atom is 0.472 e. The Labute approximate surface area is 600 Å². The quantitative estimate of drug-likeness (QED) is 0.0222. The van der Waals surface area contributed by atoms with Crippen LogP contribution in [0.15, 0.2) is 0 Å². The van der Waals surface area contributed by atoms with Gasteiger partial charge in [-0.3, -0.25) is 37.3 Å². The van der Waals surface area contributed by atoms with Crippen molar-refractivity contribution < 1.29 is 80.2 Å². The second kappa shape index (κ2) is 68.2. The van der Waals surface area contributed by atoms with E-state index in [0.717, 1.165) is 114 Å². The SMILES string of the molecule is CCC(C)CCCCCCCCCCC(=O)O[C@H](COC(=O)CCCCCCCCCCC(C)C)COP(=O)(O)OCC(O)COP(=O)(O)OC[C@@H](COC(=O)CCCCCCCCCCCCCCCCCC(C)C)OC(=O)CCCCCCCCCCCCCCCCC(C)C. The van der Waals surface area contributed by atoms with E-state index in [9.17, 15) is 43.2 Å². The van der Waals surface area contributed by atoms with E-state index in [1.54, 1.807) is 0 Å². The normalized spacial score (nSPS) is 14.3. The van der Waals surface area contributed by atoms with E-state index in [1.165, 1.54) is 205 Å². The van der Waals surface area contributed by atoms with Gasteiger partial charge in [0.05, 0.1) is 26.4 Å². The zero-order chi connectivity index (χ0) is 72.4. The minimum absolute atomic E-state index is 0.104. The number of esters is 4. The molecule has 19 heteroatoms. The van der Waals surface area contributed by atoms with E-state index in [1.807, 2.05) is 0 Å². The molecule has 0 radical (unpaired) electrons. The van der Waals surface area contributed by atoms with Gasteiger partial charge in [-0.1, -0.05) is 351 Å². The third-order valence-electron chi connectivity index (χ3n) is 18.7. The number of phosphoric ester groups is 2. The van der Waals surface area contributed by atoms with Gasteiger partial charge in [0, 0.05) is 25.7 Å². The molecule has 3 N–H and O–H groups in total. The van der Waals surface area contributed by atoms with Gasteiger partial charge in [-0.15, -0.1) is 0 Å². The summed E-state index contributed by atoms with van der Waals surface area (Å²) in [5, 5.41) is 10.6. The topological polar surface area (TPSA) is 237 Å². The Balaban J connectivity index is 5.25. The van der Waals surface area contributed by atoms with Crippen LogP contribution in [0.25, 0.3) is 0 Å². The summed E-state index contributed by atoms with van der Waals surface area (Å²) < 4.78 is 68.6. The van der Waals surface area contributed by atoms with Crippen molar-refractivity contribution in [2.45, 2.75) is 420 Å². The summed E-state index contributed by atoms with van der Waals surface area (Å²) in [5.41, 5.74) is 0. The lowest BCUT2D eigenvalue weighted by Gasteiger charge is -2.21. The number of phosphoric acid groups is 2. The average Bonchev–Trinajstić information content (AvgIpc) is 1.23. The summed E-state index contributed by atoms with van der Waals surface area (Å²) in [7, 11) is -9.92. The van der Waals surface area contributed by atoms with Gasteiger partial charge in [-0.25, -0.2) is 9.13 Å². The van der Waals surface area contributed by atoms with Crippen molar-refractivity contribution in [3.05, 3.63) is 0 Å². The first-order chi connectivity index (χ1) is 47.1. The van der Waals surface area contributed by atoms with Crippen molar-refractivity contribution in [2.75, 3.05) is 39.6 Å². The molecule has 0 aromatic carbocycles. The Morgan fingerprint density at radius 1 is 0.286 bits per heavy atom. The Bertz CT molecular complexity index is 1920. The molecular formula is C79H154O17P2. The monoisotopic (exact) mass is 1440 g/mol. The van der Waals surface area contributed by atoms with Crippen LogP contribution in [0.5, 0.6) is 0 Å². The van der Waals surface area contributed by atoms with Gasteiger partial charge in [0.15, 0.2) is 12.2 Å². The lowest BCUT2D eigenvalue weighted by atomic mass is 9.99. The van der Waals surface area contributed by atoms with E-state index in [0.29, 0.717) is 25.7 Å². The van der Waals surface area contributed by atoms with Gasteiger partial charge in [-0.05, 0) is 49.4 Å². The second-order valence-corrected chi connectivity index (χ2v) is 33.0. The van der Waals surface area contributed by atoms with Gasteiger partial charge in [0.2, 0.25) is 0 Å². The molecule has 0 saturated carbocycles. The largest absolute Gasteiger partial charge is 0.472 e. The number of aliphatic hydroxyl groups excluding tert-OH is 1. The summed E-state index contributed by atoms with van der Waals surface area (Å²) in [5.74, 6) is 0.979. The van der Waals surface area contributed by atoms with Crippen LogP contribution in [-0.2, 0) is 65.4 Å². The molecule has 0 fully saturated rings. The van der Waals surface area contributed by atoms with Crippen LogP contribution in [0.4, 0.5) is 0 Å². The van der Waals surface area contributed by atoms with Crippen molar-refractivity contribution >= 4 is 39.5 Å². The Morgan fingerprint density at radius 2 is 0.490 bits per heavy atom. The van der Waals surface area contributed by atoms with E-state index in [-0.39, 0.29) is 25.7 Å². The molecule has 0 aliphatic carbocycles. The number of unbranched alkanes of at least 4 members (excludes halogenated alkanes) is 41. The van der Waals surface area contributed by atoms with Crippen molar-refractivity contribution in [2.24, 2.45) is 23.7 Å². The molecule has 0 aliphatic rings. The second-order valence-electron chi connectivity index (χ2n) is 30.1. The van der Waals surface area contributed by atoms with Crippen LogP contribution in [0.3, 0.4) is 0 Å². The number of ether oxygens (including phenoxy) is 4. The first-order valence-corrected chi connectivity index (χ1v) is 43.7. The number of carbonyl (C=O) groups excluding carboxylic acids is 4. The van der Waals surface area contributed by atoms with Gasteiger partial charge in [0.25, 0.3) is 0 Å². The maximum atomic E-state index is 13.1. The van der Waals surface area contributed by atoms with Crippen molar-refractivity contribution in [1.82, 2.24) is 0 Å². The standard InChI is InChI=1S/C79H154O17P2/c1-9-72(8)58-50-42-34-28-30-38-46-54-62-79(84)96-75(66-90-77(82)60-52-44-36-29-27-33-41-49-57-71(6)7)68-94-98(87,88)92-64-73(80)63-91-97(85,86)93-67-74(95-78(83)61-53-45-37-26-22-18-14-13-16-20-24-32-40-48-56-70(4)5)65-89-76(81)59-51-43-35-25-21-17-12-10-11-15-19-23-31-39-47-55-69(2)3/h69-75,80H,9-68H2,1-8H3,(H,85,86)(H,87,88)/t72?,73?,74-,75-/m1/s1. The first kappa shape index (κ1) is 96.1. The van der Waals surface area contributed by atoms with Crippen LogP contribution < -0.4 is 0 Å². The lowest BCUT2D eigenvalue weighted by Crippen LogP contribution is -2.30. The molecule has 0 aliphatic heterocycles. The zero-order valence-corrected chi connectivity index (χ0v) is 66.2. The van der Waals surface area contributed by atoms with Crippen molar-refractivity contribution in [3.8, 4) is 0 Å². The predicted molar refractivity (Wildman–Crippen MR) is 400 cm³/mol. The Morgan fingerprint density at radius 3 is 0.724 bits per heavy atom. The third-order valence-corrected chi connectivity index (χ3v) is 20.6. The highest BCUT2D eigenvalue weighted by molar-refractivity contribution is 7.47. The highest BCUT2D eigenvalue weighted by Gasteiger charge is 2.30. The smallest absolute Gasteiger partial charge is 0.462 e. The van der Waals surface area contributed by atoms with Crippen LogP contribution in [0.2, 0.25) is 0 Å². The molecular weight excluding hydrogens is 1280 g/mol. The molecule has 0 amide bonds. The number of rotatable bonds is 76. The van der Waals surface area contributed by atoms with E-state index >= 15 is 0 Å². The van der Waals surface area contributed by atoms with Crippen molar-refractivity contribution in [3.63, 3.8) is 0 Å². The number of carbonyl (C=O) groups is 4. The summed E-state index contributed by atoms with van der Waals surface area (Å²) in [6.45, 7) is 14.2. The third kappa shape index (κ3) is 71.1. The maximum absolute atomic E-state index is 13.1. The van der Waals surface area contributed by atoms with E-state index in [2.05, 4.69) is 55.4 Å². The molecule has 17 nitrogen and oxygen atoms in total. The van der Waals surface area contributed by atoms with Crippen LogP contribution in [0, 0.1) is 23.7 Å². The minimum Gasteiger partial charge on any atom is -0.462 e. The van der Waals surface area contributed by atoms with Gasteiger partial charge in [0.1, 0.15) is 19.3 Å². The highest BCUT2D eigenvalue weighted by Crippen LogP contribution is 2.45. The Kier molecular flexibility index (Phi) is 66.8. The fraction of sp³-hybridized carbons (Fsp3) is 0.949. The van der Waals surface area contributed by atoms with Crippen LogP contribution in [0.1, 0.15) is 402 Å². The Hall–Kier alpha value is -1.94. The van der Waals surface area contributed by atoms with Crippen LogP contribution >= 0.6 is 15.6 Å². The van der Waals surface area contributed by atoms with Gasteiger partial charge < -0.3 is 33.8 Å². The van der Waals surface area contributed by atoms with Crippen LogP contribution in [-0.4, -0.2) is 96.7 Å². The molecule has 0 bridgehead atoms. The molecule has 0 aromatic rings. The average molecular weight is 1440 g/mol. The first-order valence-electron chi connectivity index (χ1n) is 40.7. The molecule has 4 unspecified atom stereocenters. The highest BCUT2D eigenvalue weighted by atomic mass is 31.2. The lowest BCUT2D eigenvalue weighted by molar-refractivity contribution is -0.161. The number of hydrogen-bond donors (Lipinski definition) is 3. The fourth-order valence-corrected chi connectivity index (χ4v) is 13.6. The molecule has 582 valence electrons.